The van der Waals surface area contributed by atoms with E-state index in [1.807, 2.05) is 9.80 Å². The molecule has 0 bridgehead atoms. The zero-order chi connectivity index (χ0) is 31.5. The monoisotopic (exact) mass is 644 g/mol. The number of phenolic OH excluding ortho intramolecular Hbond substituents is 1. The Labute approximate surface area is 264 Å². The Bertz CT molecular complexity index is 1480. The smallest absolute Gasteiger partial charge is 0.311 e. The molecule has 0 spiro atoms. The summed E-state index contributed by atoms with van der Waals surface area (Å²) >= 11 is 0. The molecule has 0 radical (unpaired) electrons. The van der Waals surface area contributed by atoms with Gasteiger partial charge in [-0.25, -0.2) is 0 Å². The van der Waals surface area contributed by atoms with E-state index in [0.29, 0.717) is 62.4 Å². The Balaban J connectivity index is 0.00000461. The largest absolute Gasteiger partial charge is 0.502 e. The van der Waals surface area contributed by atoms with Gasteiger partial charge in [0.25, 0.3) is 5.91 Å². The normalized spacial score (nSPS) is 21.4. The van der Waals surface area contributed by atoms with Gasteiger partial charge in [-0.3, -0.25) is 14.9 Å². The fraction of sp³-hybridized carbons (Fsp3) is 0.407. The lowest BCUT2D eigenvalue weighted by Crippen LogP contribution is -2.54. The van der Waals surface area contributed by atoms with Crippen molar-refractivity contribution in [3.05, 3.63) is 52.1 Å². The molecule has 2 aliphatic rings. The Morgan fingerprint density at radius 3 is 2.00 bits per heavy atom. The maximum atomic E-state index is 13.2. The number of ether oxygens (including phenoxy) is 1. The number of halogens is 1. The van der Waals surface area contributed by atoms with E-state index in [2.05, 4.69) is 20.6 Å². The number of benzene rings is 2. The SMILES string of the molecule is COc1ccc(Nc2nc(N3C[C@H](N)C[C@H](N)C3)nc(N3C[C@H](N)C[C@H](N)C3)n2)c(NC(=O)c2cccc([N+](=O)[O-])c2O)c1.Cl. The van der Waals surface area contributed by atoms with Crippen LogP contribution in [0, 0.1) is 10.1 Å². The third-order valence-corrected chi connectivity index (χ3v) is 7.39. The van der Waals surface area contributed by atoms with E-state index in [4.69, 9.17) is 32.7 Å². The minimum Gasteiger partial charge on any atom is -0.502 e. The summed E-state index contributed by atoms with van der Waals surface area (Å²) in [5, 5.41) is 27.5. The second kappa shape index (κ2) is 14.0. The first-order valence-corrected chi connectivity index (χ1v) is 14.0. The van der Waals surface area contributed by atoms with Gasteiger partial charge in [-0.05, 0) is 31.0 Å². The highest BCUT2D eigenvalue weighted by Crippen LogP contribution is 2.33. The molecule has 0 saturated carbocycles. The van der Waals surface area contributed by atoms with Crippen LogP contribution < -0.4 is 48.1 Å². The molecule has 1 aromatic heterocycles. The van der Waals surface area contributed by atoms with Crippen LogP contribution in [0.5, 0.6) is 11.5 Å². The molecule has 5 rings (SSSR count). The van der Waals surface area contributed by atoms with E-state index in [9.17, 15) is 20.0 Å². The van der Waals surface area contributed by atoms with Crippen LogP contribution in [0.2, 0.25) is 0 Å². The zero-order valence-electron chi connectivity index (χ0n) is 24.5. The second-order valence-electron chi connectivity index (χ2n) is 11.0. The van der Waals surface area contributed by atoms with Crippen molar-refractivity contribution in [2.45, 2.75) is 37.0 Å². The second-order valence-corrected chi connectivity index (χ2v) is 11.0. The number of carbonyl (C=O) groups is 1. The summed E-state index contributed by atoms with van der Waals surface area (Å²) in [4.78, 5) is 41.5. The third kappa shape index (κ3) is 7.76. The number of nitrogens with one attached hydrogen (secondary N) is 2. The number of hydrogen-bond acceptors (Lipinski definition) is 15. The number of nitro benzene ring substituents is 1. The molecule has 0 aliphatic carbocycles. The molecule has 4 atom stereocenters. The molecule has 3 aromatic rings. The fourth-order valence-corrected chi connectivity index (χ4v) is 5.41. The van der Waals surface area contributed by atoms with Crippen LogP contribution in [0.1, 0.15) is 23.2 Å². The molecule has 2 fully saturated rings. The number of rotatable bonds is 8. The molecule has 2 saturated heterocycles. The number of nitrogens with two attached hydrogens (primary N) is 4. The lowest BCUT2D eigenvalue weighted by atomic mass is 10.0. The van der Waals surface area contributed by atoms with E-state index < -0.39 is 22.3 Å². The van der Waals surface area contributed by atoms with Crippen molar-refractivity contribution in [2.75, 3.05) is 53.7 Å². The van der Waals surface area contributed by atoms with Crippen molar-refractivity contribution < 1.29 is 19.6 Å². The number of para-hydroxylation sites is 1. The van der Waals surface area contributed by atoms with Crippen LogP contribution in [0.25, 0.3) is 0 Å². The van der Waals surface area contributed by atoms with Crippen LogP contribution in [-0.4, -0.2) is 88.3 Å². The number of anilines is 5. The molecule has 11 N–H and O–H groups in total. The van der Waals surface area contributed by atoms with Gasteiger partial charge < -0.3 is 53.2 Å². The van der Waals surface area contributed by atoms with Gasteiger partial charge in [-0.15, -0.1) is 12.4 Å². The Morgan fingerprint density at radius 2 is 1.49 bits per heavy atom. The van der Waals surface area contributed by atoms with Gasteiger partial charge in [-0.1, -0.05) is 6.07 Å². The summed E-state index contributed by atoms with van der Waals surface area (Å²) in [6, 6.07) is 7.87. The maximum absolute atomic E-state index is 13.2. The molecule has 242 valence electrons. The number of piperidine rings is 2. The van der Waals surface area contributed by atoms with Crippen LogP contribution in [0.4, 0.5) is 34.9 Å². The number of hydrogen-bond donors (Lipinski definition) is 7. The van der Waals surface area contributed by atoms with Crippen molar-refractivity contribution >= 4 is 53.2 Å². The summed E-state index contributed by atoms with van der Waals surface area (Å²) in [5.74, 6) is -0.252. The van der Waals surface area contributed by atoms with E-state index in [0.717, 1.165) is 6.07 Å². The Kier molecular flexibility index (Phi) is 10.4. The summed E-state index contributed by atoms with van der Waals surface area (Å²) in [5.41, 5.74) is 24.7. The van der Waals surface area contributed by atoms with Gasteiger partial charge in [0.05, 0.1) is 29.0 Å². The lowest BCUT2D eigenvalue weighted by molar-refractivity contribution is -0.385. The van der Waals surface area contributed by atoms with Gasteiger partial charge in [0.2, 0.25) is 23.6 Å². The quantitative estimate of drug-likeness (QED) is 0.131. The highest BCUT2D eigenvalue weighted by Gasteiger charge is 2.29. The summed E-state index contributed by atoms with van der Waals surface area (Å²) in [7, 11) is 1.47. The molecule has 2 aromatic carbocycles. The number of aromatic hydroxyl groups is 1. The van der Waals surface area contributed by atoms with E-state index in [1.54, 1.807) is 18.2 Å². The Hall–Kier alpha value is -4.55. The van der Waals surface area contributed by atoms with Crippen LogP contribution in [-0.2, 0) is 0 Å². The van der Waals surface area contributed by atoms with Crippen molar-refractivity contribution in [1.82, 2.24) is 15.0 Å². The van der Waals surface area contributed by atoms with Gasteiger partial charge >= 0.3 is 5.69 Å². The molecule has 17 nitrogen and oxygen atoms in total. The van der Waals surface area contributed by atoms with E-state index >= 15 is 0 Å². The van der Waals surface area contributed by atoms with Gasteiger partial charge in [0.15, 0.2) is 0 Å². The maximum Gasteiger partial charge on any atom is 0.311 e. The predicted octanol–water partition coefficient (Wildman–Crippen LogP) is 0.641. The van der Waals surface area contributed by atoms with E-state index in [-0.39, 0.29) is 53.8 Å². The molecule has 45 heavy (non-hydrogen) atoms. The molecule has 2 aliphatic heterocycles. The number of methoxy groups -OCH3 is 1. The van der Waals surface area contributed by atoms with Gasteiger partial charge in [-0.2, -0.15) is 15.0 Å². The highest BCUT2D eigenvalue weighted by molar-refractivity contribution is 6.08. The number of phenols is 1. The van der Waals surface area contributed by atoms with Crippen molar-refractivity contribution in [3.8, 4) is 11.5 Å². The standard InChI is InChI=1S/C27H36N12O5.ClH/c1-44-18-5-6-20(21(9-18)32-24(41)19-3-2-4-22(23(19)40)39(42)43)33-25-34-26(37-10-14(28)7-15(29)11-37)36-27(35-25)38-12-16(30)8-17(31)13-38;/h2-6,9,14-17,40H,7-8,10-13,28-31H2,1H3,(H,32,41)(H,33,34,35,36);1H/t14-,15+,16-,17+;. The number of nitro groups is 1. The average molecular weight is 645 g/mol. The van der Waals surface area contributed by atoms with Crippen molar-refractivity contribution in [1.29, 1.82) is 0 Å². The zero-order valence-corrected chi connectivity index (χ0v) is 25.3. The minimum atomic E-state index is -0.785. The predicted molar refractivity (Wildman–Crippen MR) is 172 cm³/mol. The first-order valence-electron chi connectivity index (χ1n) is 14.0. The third-order valence-electron chi connectivity index (χ3n) is 7.39. The van der Waals surface area contributed by atoms with Crippen LogP contribution >= 0.6 is 12.4 Å². The Morgan fingerprint density at radius 1 is 0.933 bits per heavy atom. The van der Waals surface area contributed by atoms with Gasteiger partial charge in [0, 0.05) is 62.5 Å². The molecule has 3 heterocycles. The van der Waals surface area contributed by atoms with E-state index in [1.165, 1.54) is 19.2 Å². The summed E-state index contributed by atoms with van der Waals surface area (Å²) < 4.78 is 5.34. The van der Waals surface area contributed by atoms with Crippen LogP contribution in [0.3, 0.4) is 0 Å². The van der Waals surface area contributed by atoms with Crippen molar-refractivity contribution in [3.63, 3.8) is 0 Å². The molecular weight excluding hydrogens is 608 g/mol. The number of carbonyl (C=O) groups excluding carboxylic acids is 1. The minimum absolute atomic E-state index is 0. The summed E-state index contributed by atoms with van der Waals surface area (Å²) in [6.07, 6.45) is 1.34. The highest BCUT2D eigenvalue weighted by atomic mass is 35.5. The molecule has 18 heteroatoms. The van der Waals surface area contributed by atoms with Crippen molar-refractivity contribution in [2.24, 2.45) is 22.9 Å². The molecule has 1 amide bonds. The topological polar surface area (TPSA) is 263 Å². The fourth-order valence-electron chi connectivity index (χ4n) is 5.41. The number of nitrogens with zero attached hydrogens (tertiary/aromatic N) is 6. The molecular formula is C27H37ClN12O5. The van der Waals surface area contributed by atoms with Crippen LogP contribution in [0.15, 0.2) is 36.4 Å². The lowest BCUT2D eigenvalue weighted by Gasteiger charge is -2.37. The first kappa shape index (κ1) is 33.3. The number of amides is 1. The summed E-state index contributed by atoms with van der Waals surface area (Å²) in [6.45, 7) is 1.97. The number of aromatic nitrogens is 3. The molecule has 0 unspecified atom stereocenters. The van der Waals surface area contributed by atoms with Gasteiger partial charge in [0.1, 0.15) is 5.75 Å². The average Bonchev–Trinajstić information content (AvgIpc) is 2.96. The first-order chi connectivity index (χ1) is 21.0.